The molecule has 0 aliphatic rings. The highest BCUT2D eigenvalue weighted by atomic mass is 79.9. The van der Waals surface area contributed by atoms with Gasteiger partial charge >= 0.3 is 0 Å². The van der Waals surface area contributed by atoms with Gasteiger partial charge in [-0.15, -0.1) is 0 Å². The molecule has 2 aromatic rings. The number of aliphatic hydroxyl groups excluding tert-OH is 1. The Labute approximate surface area is 142 Å². The highest BCUT2D eigenvalue weighted by molar-refractivity contribution is 9.10. The van der Waals surface area contributed by atoms with Crippen LogP contribution in [0.25, 0.3) is 0 Å². The molecule has 0 amide bonds. The predicted octanol–water partition coefficient (Wildman–Crippen LogP) is 3.60. The van der Waals surface area contributed by atoms with Gasteiger partial charge in [0, 0.05) is 22.2 Å². The van der Waals surface area contributed by atoms with Crippen LogP contribution in [0.4, 0.5) is 0 Å². The van der Waals surface area contributed by atoms with Crippen LogP contribution in [0.15, 0.2) is 28.9 Å². The van der Waals surface area contributed by atoms with Crippen molar-refractivity contribution in [3.63, 3.8) is 0 Å². The molecule has 1 atom stereocenters. The lowest BCUT2D eigenvalue weighted by Crippen LogP contribution is -2.21. The topological polar surface area (TPSA) is 41.3 Å². The predicted molar refractivity (Wildman–Crippen MR) is 89.0 cm³/mol. The average molecular weight is 393 g/mol. The summed E-state index contributed by atoms with van der Waals surface area (Å²) in [5.74, 6) is 0. The fraction of sp³-hybridized carbons (Fsp3) is 0.357. The number of aromatic nitrogens is 2. The number of halogens is 3. The van der Waals surface area contributed by atoms with Crippen LogP contribution in [-0.2, 0) is 6.54 Å². The van der Waals surface area contributed by atoms with Crippen LogP contribution in [-0.4, -0.2) is 40.4 Å². The summed E-state index contributed by atoms with van der Waals surface area (Å²) < 4.78 is 2.48. The second kappa shape index (κ2) is 7.11. The summed E-state index contributed by atoms with van der Waals surface area (Å²) in [5, 5.41) is 15.9. The van der Waals surface area contributed by atoms with E-state index in [2.05, 4.69) is 21.0 Å². The Morgan fingerprint density at radius 2 is 1.95 bits per heavy atom. The summed E-state index contributed by atoms with van der Waals surface area (Å²) in [4.78, 5) is 2.05. The zero-order valence-electron chi connectivity index (χ0n) is 11.7. The van der Waals surface area contributed by atoms with Crippen molar-refractivity contribution in [1.29, 1.82) is 0 Å². The molecule has 1 aromatic carbocycles. The van der Waals surface area contributed by atoms with Gasteiger partial charge in [-0.2, -0.15) is 5.10 Å². The second-order valence-electron chi connectivity index (χ2n) is 4.94. The van der Waals surface area contributed by atoms with Crippen molar-refractivity contribution in [2.75, 3.05) is 20.6 Å². The lowest BCUT2D eigenvalue weighted by molar-refractivity contribution is 0.205. The fourth-order valence-electron chi connectivity index (χ4n) is 2.03. The lowest BCUT2D eigenvalue weighted by atomic mass is 10.1. The Morgan fingerprint density at radius 3 is 2.52 bits per heavy atom. The Kier molecular flexibility index (Phi) is 5.68. The monoisotopic (exact) mass is 391 g/mol. The highest BCUT2D eigenvalue weighted by Gasteiger charge is 2.23. The molecule has 7 heteroatoms. The molecule has 0 aliphatic carbocycles. The van der Waals surface area contributed by atoms with E-state index >= 15 is 0 Å². The Balaban J connectivity index is 2.39. The SMILES string of the molecule is CN(C)CCn1ncc(Br)c1C(O)c1c(Cl)cccc1Cl. The summed E-state index contributed by atoms with van der Waals surface area (Å²) >= 11 is 15.8. The number of likely N-dealkylation sites (N-methyl/N-ethyl adjacent to an activating group) is 1. The van der Waals surface area contributed by atoms with Crippen LogP contribution < -0.4 is 0 Å². The first-order chi connectivity index (χ1) is 9.91. The van der Waals surface area contributed by atoms with E-state index in [1.54, 1.807) is 29.1 Å². The number of nitrogens with zero attached hydrogens (tertiary/aromatic N) is 3. The molecule has 1 unspecified atom stereocenters. The van der Waals surface area contributed by atoms with Gasteiger partial charge in [-0.25, -0.2) is 0 Å². The minimum atomic E-state index is -0.940. The lowest BCUT2D eigenvalue weighted by Gasteiger charge is -2.18. The fourth-order valence-corrected chi connectivity index (χ4v) is 3.14. The molecular formula is C14H16BrCl2N3O. The third-order valence-electron chi connectivity index (χ3n) is 3.12. The maximum absolute atomic E-state index is 10.7. The molecule has 2 rings (SSSR count). The van der Waals surface area contributed by atoms with Gasteiger partial charge in [0.1, 0.15) is 6.10 Å². The molecule has 0 radical (unpaired) electrons. The van der Waals surface area contributed by atoms with E-state index in [-0.39, 0.29) is 0 Å². The summed E-state index contributed by atoms with van der Waals surface area (Å²) in [6.45, 7) is 1.47. The average Bonchev–Trinajstić information content (AvgIpc) is 2.77. The van der Waals surface area contributed by atoms with Crippen LogP contribution >= 0.6 is 39.1 Å². The van der Waals surface area contributed by atoms with E-state index < -0.39 is 6.10 Å². The molecule has 0 aliphatic heterocycles. The molecule has 1 heterocycles. The first-order valence-electron chi connectivity index (χ1n) is 6.39. The van der Waals surface area contributed by atoms with Gasteiger partial charge in [0.2, 0.25) is 0 Å². The minimum absolute atomic E-state index is 0.433. The van der Waals surface area contributed by atoms with Gasteiger partial charge in [-0.3, -0.25) is 4.68 Å². The summed E-state index contributed by atoms with van der Waals surface area (Å²) in [5.41, 5.74) is 1.14. The van der Waals surface area contributed by atoms with Crippen LogP contribution in [0.5, 0.6) is 0 Å². The van der Waals surface area contributed by atoms with Crippen LogP contribution in [0.2, 0.25) is 10.0 Å². The smallest absolute Gasteiger partial charge is 0.125 e. The second-order valence-corrected chi connectivity index (χ2v) is 6.61. The molecule has 21 heavy (non-hydrogen) atoms. The van der Waals surface area contributed by atoms with Crippen molar-refractivity contribution in [3.8, 4) is 0 Å². The van der Waals surface area contributed by atoms with E-state index in [9.17, 15) is 5.11 Å². The zero-order valence-corrected chi connectivity index (χ0v) is 14.8. The van der Waals surface area contributed by atoms with Gasteiger partial charge in [0.25, 0.3) is 0 Å². The number of hydrogen-bond acceptors (Lipinski definition) is 3. The van der Waals surface area contributed by atoms with E-state index in [1.807, 2.05) is 19.0 Å². The van der Waals surface area contributed by atoms with E-state index in [0.717, 1.165) is 11.0 Å². The highest BCUT2D eigenvalue weighted by Crippen LogP contribution is 2.36. The van der Waals surface area contributed by atoms with Crippen LogP contribution in [0.3, 0.4) is 0 Å². The van der Waals surface area contributed by atoms with Crippen molar-refractivity contribution in [3.05, 3.63) is 50.2 Å². The van der Waals surface area contributed by atoms with Crippen molar-refractivity contribution in [2.24, 2.45) is 0 Å². The Bertz CT molecular complexity index is 610. The molecule has 114 valence electrons. The summed E-state index contributed by atoms with van der Waals surface area (Å²) in [6, 6.07) is 5.17. The van der Waals surface area contributed by atoms with Crippen molar-refractivity contribution in [1.82, 2.24) is 14.7 Å². The van der Waals surface area contributed by atoms with E-state index in [4.69, 9.17) is 23.2 Å². The van der Waals surface area contributed by atoms with Crippen molar-refractivity contribution < 1.29 is 5.11 Å². The van der Waals surface area contributed by atoms with E-state index in [0.29, 0.717) is 27.8 Å². The number of benzene rings is 1. The zero-order chi connectivity index (χ0) is 15.6. The first kappa shape index (κ1) is 16.8. The van der Waals surface area contributed by atoms with E-state index in [1.165, 1.54) is 0 Å². The first-order valence-corrected chi connectivity index (χ1v) is 7.94. The number of aliphatic hydroxyl groups is 1. The quantitative estimate of drug-likeness (QED) is 0.845. The van der Waals surface area contributed by atoms with Crippen LogP contribution in [0.1, 0.15) is 17.4 Å². The molecule has 0 bridgehead atoms. The van der Waals surface area contributed by atoms with Gasteiger partial charge in [-0.1, -0.05) is 29.3 Å². The molecule has 0 saturated heterocycles. The van der Waals surface area contributed by atoms with Crippen molar-refractivity contribution in [2.45, 2.75) is 12.6 Å². The van der Waals surface area contributed by atoms with Crippen LogP contribution in [0, 0.1) is 0 Å². The Hall–Kier alpha value is -0.590. The molecule has 4 nitrogen and oxygen atoms in total. The normalized spacial score (nSPS) is 12.9. The molecule has 1 N–H and O–H groups in total. The largest absolute Gasteiger partial charge is 0.382 e. The van der Waals surface area contributed by atoms with Crippen molar-refractivity contribution >= 4 is 39.1 Å². The standard InChI is InChI=1S/C14H16BrCl2N3O/c1-19(2)6-7-20-13(9(15)8-18-20)14(21)12-10(16)4-3-5-11(12)17/h3-5,8,14,21H,6-7H2,1-2H3. The maximum atomic E-state index is 10.7. The van der Waals surface area contributed by atoms with Gasteiger partial charge in [0.15, 0.2) is 0 Å². The number of hydrogen-bond donors (Lipinski definition) is 1. The molecule has 1 aromatic heterocycles. The summed E-state index contributed by atoms with van der Waals surface area (Å²) in [7, 11) is 3.97. The summed E-state index contributed by atoms with van der Waals surface area (Å²) in [6.07, 6.45) is 0.726. The third-order valence-corrected chi connectivity index (χ3v) is 4.39. The minimum Gasteiger partial charge on any atom is -0.382 e. The van der Waals surface area contributed by atoms with Gasteiger partial charge in [0.05, 0.1) is 22.9 Å². The molecule has 0 saturated carbocycles. The van der Waals surface area contributed by atoms with Gasteiger partial charge in [-0.05, 0) is 42.2 Å². The maximum Gasteiger partial charge on any atom is 0.125 e. The molecule has 0 fully saturated rings. The third kappa shape index (κ3) is 3.79. The molecule has 0 spiro atoms. The number of rotatable bonds is 5. The van der Waals surface area contributed by atoms with Gasteiger partial charge < -0.3 is 10.0 Å². The Morgan fingerprint density at radius 1 is 1.33 bits per heavy atom. The molecular weight excluding hydrogens is 377 g/mol.